The second-order valence-corrected chi connectivity index (χ2v) is 6.10. The number of nitrogens with zero attached hydrogens (tertiary/aromatic N) is 2. The van der Waals surface area contributed by atoms with E-state index < -0.39 is 0 Å². The van der Waals surface area contributed by atoms with E-state index in [0.29, 0.717) is 6.04 Å². The van der Waals surface area contributed by atoms with E-state index in [4.69, 9.17) is 0 Å². The van der Waals surface area contributed by atoms with Crippen molar-refractivity contribution in [3.63, 3.8) is 0 Å². The van der Waals surface area contributed by atoms with Crippen molar-refractivity contribution in [2.75, 3.05) is 20.1 Å². The maximum atomic E-state index is 4.64. The van der Waals surface area contributed by atoms with Crippen molar-refractivity contribution in [3.05, 3.63) is 29.3 Å². The molecule has 1 aromatic heterocycles. The van der Waals surface area contributed by atoms with Crippen molar-refractivity contribution in [2.45, 2.75) is 25.4 Å². The third-order valence-corrected chi connectivity index (χ3v) is 4.70. The predicted octanol–water partition coefficient (Wildman–Crippen LogP) is 2.48. The van der Waals surface area contributed by atoms with Gasteiger partial charge in [0.25, 0.3) is 0 Å². The summed E-state index contributed by atoms with van der Waals surface area (Å²) in [6.45, 7) is 3.21. The highest BCUT2D eigenvalue weighted by Gasteiger charge is 2.19. The predicted molar refractivity (Wildman–Crippen MR) is 77.0 cm³/mol. The Kier molecular flexibility index (Phi) is 3.59. The monoisotopic (exact) mass is 261 g/mol. The fourth-order valence-corrected chi connectivity index (χ4v) is 3.52. The summed E-state index contributed by atoms with van der Waals surface area (Å²) in [4.78, 5) is 7.09. The Morgan fingerprint density at radius 1 is 1.44 bits per heavy atom. The first-order valence-electron chi connectivity index (χ1n) is 6.58. The normalized spacial score (nSPS) is 20.8. The van der Waals surface area contributed by atoms with Gasteiger partial charge in [0, 0.05) is 19.1 Å². The number of likely N-dealkylation sites (N-methyl/N-ethyl adjacent to an activating group) is 1. The molecule has 4 heteroatoms. The molecule has 0 radical (unpaired) electrons. The van der Waals surface area contributed by atoms with Crippen LogP contribution in [0.25, 0.3) is 10.2 Å². The summed E-state index contributed by atoms with van der Waals surface area (Å²) in [5.41, 5.74) is 1.12. The van der Waals surface area contributed by atoms with Crippen molar-refractivity contribution < 1.29 is 0 Å². The van der Waals surface area contributed by atoms with Gasteiger partial charge in [0.2, 0.25) is 0 Å². The minimum absolute atomic E-state index is 0.708. The number of nitrogens with one attached hydrogen (secondary N) is 1. The standard InChI is InChI=1S/C14H19N3S/c1-17-8-4-5-11(17)9-15-10-14-16-12-6-2-3-7-13(12)18-14/h2-3,6-7,11,15H,4-5,8-10H2,1H3. The molecule has 0 saturated carbocycles. The Bertz CT molecular complexity index is 489. The van der Waals surface area contributed by atoms with Crippen LogP contribution in [0, 0.1) is 0 Å². The minimum atomic E-state index is 0.708. The molecular formula is C14H19N3S. The highest BCUT2D eigenvalue weighted by atomic mass is 32.1. The van der Waals surface area contributed by atoms with Gasteiger partial charge in [-0.3, -0.25) is 0 Å². The molecule has 0 amide bonds. The van der Waals surface area contributed by atoms with E-state index in [2.05, 4.69) is 40.4 Å². The van der Waals surface area contributed by atoms with Crippen LogP contribution in [0.3, 0.4) is 0 Å². The zero-order valence-corrected chi connectivity index (χ0v) is 11.5. The molecule has 0 bridgehead atoms. The van der Waals surface area contributed by atoms with E-state index in [-0.39, 0.29) is 0 Å². The van der Waals surface area contributed by atoms with Crippen LogP contribution in [0.1, 0.15) is 17.8 Å². The van der Waals surface area contributed by atoms with Crippen LogP contribution in [0.2, 0.25) is 0 Å². The summed E-state index contributed by atoms with van der Waals surface area (Å²) in [7, 11) is 2.22. The fourth-order valence-electron chi connectivity index (χ4n) is 2.58. The van der Waals surface area contributed by atoms with E-state index in [1.807, 2.05) is 6.07 Å². The highest BCUT2D eigenvalue weighted by Crippen LogP contribution is 2.21. The molecule has 2 heterocycles. The second kappa shape index (κ2) is 5.34. The van der Waals surface area contributed by atoms with Crippen LogP contribution in [0.15, 0.2) is 24.3 Å². The zero-order valence-electron chi connectivity index (χ0n) is 10.7. The first-order chi connectivity index (χ1) is 8.83. The van der Waals surface area contributed by atoms with Crippen molar-refractivity contribution in [2.24, 2.45) is 0 Å². The van der Waals surface area contributed by atoms with Gasteiger partial charge in [0.05, 0.1) is 10.2 Å². The van der Waals surface area contributed by atoms with Gasteiger partial charge in [0.1, 0.15) is 5.01 Å². The van der Waals surface area contributed by atoms with Gasteiger partial charge in [-0.15, -0.1) is 11.3 Å². The number of rotatable bonds is 4. The molecule has 1 N–H and O–H groups in total. The maximum Gasteiger partial charge on any atom is 0.108 e. The Morgan fingerprint density at radius 3 is 3.11 bits per heavy atom. The molecule has 0 aliphatic carbocycles. The Balaban J connectivity index is 1.56. The van der Waals surface area contributed by atoms with Crippen molar-refractivity contribution >= 4 is 21.6 Å². The highest BCUT2D eigenvalue weighted by molar-refractivity contribution is 7.18. The maximum absolute atomic E-state index is 4.64. The first kappa shape index (κ1) is 12.1. The molecular weight excluding hydrogens is 242 g/mol. The lowest BCUT2D eigenvalue weighted by molar-refractivity contribution is 0.300. The molecule has 1 aliphatic heterocycles. The minimum Gasteiger partial charge on any atom is -0.309 e. The number of benzene rings is 1. The quantitative estimate of drug-likeness (QED) is 0.916. The molecule has 18 heavy (non-hydrogen) atoms. The van der Waals surface area contributed by atoms with Crippen LogP contribution >= 0.6 is 11.3 Å². The molecule has 1 saturated heterocycles. The molecule has 1 aromatic carbocycles. The van der Waals surface area contributed by atoms with Gasteiger partial charge in [0.15, 0.2) is 0 Å². The molecule has 1 aliphatic rings. The van der Waals surface area contributed by atoms with Gasteiger partial charge in [-0.05, 0) is 38.6 Å². The Morgan fingerprint density at radius 2 is 2.33 bits per heavy atom. The summed E-state index contributed by atoms with van der Waals surface area (Å²) in [5, 5.41) is 4.73. The van der Waals surface area contributed by atoms with Gasteiger partial charge >= 0.3 is 0 Å². The smallest absolute Gasteiger partial charge is 0.108 e. The number of thiazole rings is 1. The molecule has 3 rings (SSSR count). The third-order valence-electron chi connectivity index (χ3n) is 3.67. The number of fused-ring (bicyclic) bond motifs is 1. The number of aromatic nitrogens is 1. The third kappa shape index (κ3) is 2.55. The van der Waals surface area contributed by atoms with Crippen molar-refractivity contribution in [3.8, 4) is 0 Å². The summed E-state index contributed by atoms with van der Waals surface area (Å²) in [6, 6.07) is 9.05. The number of hydrogen-bond donors (Lipinski definition) is 1. The molecule has 1 unspecified atom stereocenters. The molecule has 1 atom stereocenters. The number of hydrogen-bond acceptors (Lipinski definition) is 4. The fraction of sp³-hybridized carbons (Fsp3) is 0.500. The van der Waals surface area contributed by atoms with Crippen molar-refractivity contribution in [1.29, 1.82) is 0 Å². The molecule has 0 spiro atoms. The summed E-state index contributed by atoms with van der Waals surface area (Å²) >= 11 is 1.79. The summed E-state index contributed by atoms with van der Waals surface area (Å²) in [6.07, 6.45) is 2.66. The van der Waals surface area contributed by atoms with Gasteiger partial charge < -0.3 is 10.2 Å². The van der Waals surface area contributed by atoms with Gasteiger partial charge in [-0.1, -0.05) is 12.1 Å². The average Bonchev–Trinajstić information content (AvgIpc) is 2.96. The van der Waals surface area contributed by atoms with Crippen LogP contribution in [-0.2, 0) is 6.54 Å². The molecule has 2 aromatic rings. The van der Waals surface area contributed by atoms with E-state index in [0.717, 1.165) is 18.6 Å². The van der Waals surface area contributed by atoms with Crippen LogP contribution in [0.4, 0.5) is 0 Å². The Hall–Kier alpha value is -0.970. The number of likely N-dealkylation sites (tertiary alicyclic amines) is 1. The second-order valence-electron chi connectivity index (χ2n) is 4.98. The van der Waals surface area contributed by atoms with Crippen LogP contribution < -0.4 is 5.32 Å². The number of para-hydroxylation sites is 1. The van der Waals surface area contributed by atoms with Crippen molar-refractivity contribution in [1.82, 2.24) is 15.2 Å². The van der Waals surface area contributed by atoms with E-state index in [1.165, 1.54) is 29.1 Å². The average molecular weight is 261 g/mol. The van der Waals surface area contributed by atoms with Crippen LogP contribution in [-0.4, -0.2) is 36.1 Å². The lowest BCUT2D eigenvalue weighted by atomic mass is 10.2. The van der Waals surface area contributed by atoms with Gasteiger partial charge in [-0.25, -0.2) is 4.98 Å². The lowest BCUT2D eigenvalue weighted by Gasteiger charge is -2.19. The Labute approximate surface area is 112 Å². The molecule has 3 nitrogen and oxygen atoms in total. The molecule has 96 valence electrons. The van der Waals surface area contributed by atoms with E-state index in [1.54, 1.807) is 11.3 Å². The zero-order chi connectivity index (χ0) is 12.4. The molecule has 1 fully saturated rings. The summed E-state index contributed by atoms with van der Waals surface area (Å²) < 4.78 is 1.28. The summed E-state index contributed by atoms with van der Waals surface area (Å²) in [5.74, 6) is 0. The van der Waals surface area contributed by atoms with E-state index >= 15 is 0 Å². The van der Waals surface area contributed by atoms with Gasteiger partial charge in [-0.2, -0.15) is 0 Å². The lowest BCUT2D eigenvalue weighted by Crippen LogP contribution is -2.35. The largest absolute Gasteiger partial charge is 0.309 e. The van der Waals surface area contributed by atoms with Crippen LogP contribution in [0.5, 0.6) is 0 Å². The SMILES string of the molecule is CN1CCCC1CNCc1nc2ccccc2s1. The van der Waals surface area contributed by atoms with E-state index in [9.17, 15) is 0 Å². The first-order valence-corrected chi connectivity index (χ1v) is 7.40. The topological polar surface area (TPSA) is 28.2 Å².